The van der Waals surface area contributed by atoms with Crippen LogP contribution in [0.5, 0.6) is 0 Å². The maximum absolute atomic E-state index is 5.30. The fourth-order valence-electron chi connectivity index (χ4n) is 0.376. The maximum Gasteiger partial charge on any atom is 0.0500 e. The van der Waals surface area contributed by atoms with E-state index in [0.29, 0.717) is 5.69 Å². The summed E-state index contributed by atoms with van der Waals surface area (Å²) in [4.78, 5) is 3.76. The highest BCUT2D eigenvalue weighted by molar-refractivity contribution is 5.85. The first kappa shape index (κ1) is 7.24. The molecule has 2 nitrogen and oxygen atoms in total. The van der Waals surface area contributed by atoms with E-state index in [1.165, 1.54) is 0 Å². The summed E-state index contributed by atoms with van der Waals surface area (Å²) in [5, 5.41) is 0. The molecule has 1 aromatic rings. The van der Waals surface area contributed by atoms with Gasteiger partial charge in [-0.1, -0.05) is 0 Å². The second-order valence-electron chi connectivity index (χ2n) is 1.29. The summed E-state index contributed by atoms with van der Waals surface area (Å²) in [6, 6.07) is 3.60. The molecule has 0 spiro atoms. The van der Waals surface area contributed by atoms with E-state index in [2.05, 4.69) is 4.98 Å². The van der Waals surface area contributed by atoms with Crippen molar-refractivity contribution < 1.29 is 0 Å². The van der Waals surface area contributed by atoms with Crippen LogP contribution in [-0.2, 0) is 0 Å². The predicted octanol–water partition coefficient (Wildman–Crippen LogP) is 1.09. The Bertz CT molecular complexity index is 140. The lowest BCUT2D eigenvalue weighted by Crippen LogP contribution is -1.82. The van der Waals surface area contributed by atoms with Crippen molar-refractivity contribution in [3.8, 4) is 0 Å². The van der Waals surface area contributed by atoms with Crippen LogP contribution in [0.25, 0.3) is 0 Å². The molecule has 0 unspecified atom stereocenters. The molecule has 0 saturated carbocycles. The van der Waals surface area contributed by atoms with Gasteiger partial charge in [0.15, 0.2) is 0 Å². The molecular weight excluding hydrogens is 124 g/mol. The van der Waals surface area contributed by atoms with Gasteiger partial charge in [-0.15, -0.1) is 12.4 Å². The molecule has 0 radical (unpaired) electrons. The SMILES string of the molecule is Cl.Nc1cccnc1. The molecule has 1 heterocycles. The smallest absolute Gasteiger partial charge is 0.0500 e. The topological polar surface area (TPSA) is 38.9 Å². The van der Waals surface area contributed by atoms with E-state index in [1.807, 2.05) is 0 Å². The quantitative estimate of drug-likeness (QED) is 0.571. The minimum absolute atomic E-state index is 0. The Hall–Kier alpha value is -0.760. The molecule has 0 fully saturated rings. The van der Waals surface area contributed by atoms with Crippen LogP contribution < -0.4 is 5.73 Å². The summed E-state index contributed by atoms with van der Waals surface area (Å²) < 4.78 is 0. The lowest BCUT2D eigenvalue weighted by Gasteiger charge is -1.83. The number of hydrogen-bond acceptors (Lipinski definition) is 2. The van der Waals surface area contributed by atoms with E-state index >= 15 is 0 Å². The van der Waals surface area contributed by atoms with Gasteiger partial charge < -0.3 is 5.73 Å². The Labute approximate surface area is 54.1 Å². The third-order valence-corrected chi connectivity index (χ3v) is 0.684. The zero-order valence-electron chi connectivity index (χ0n) is 4.24. The largest absolute Gasteiger partial charge is 0.397 e. The van der Waals surface area contributed by atoms with Crippen molar-refractivity contribution in [2.45, 2.75) is 0 Å². The van der Waals surface area contributed by atoms with Crippen LogP contribution in [0.15, 0.2) is 24.5 Å². The van der Waals surface area contributed by atoms with Gasteiger partial charge in [-0.3, -0.25) is 4.98 Å². The first-order valence-corrected chi connectivity index (χ1v) is 2.05. The average molecular weight is 131 g/mol. The highest BCUT2D eigenvalue weighted by Crippen LogP contribution is 1.92. The summed E-state index contributed by atoms with van der Waals surface area (Å²) in [5.74, 6) is 0. The molecule has 0 aliphatic rings. The normalized spacial score (nSPS) is 7.50. The number of nitrogens with zero attached hydrogens (tertiary/aromatic N) is 1. The van der Waals surface area contributed by atoms with Crippen LogP contribution in [0.4, 0.5) is 5.69 Å². The van der Waals surface area contributed by atoms with Crippen molar-refractivity contribution in [2.75, 3.05) is 5.73 Å². The summed E-state index contributed by atoms with van der Waals surface area (Å²) in [6.07, 6.45) is 3.30. The van der Waals surface area contributed by atoms with Gasteiger partial charge in [-0.25, -0.2) is 0 Å². The number of nitrogen functional groups attached to an aromatic ring is 1. The van der Waals surface area contributed by atoms with Crippen LogP contribution in [0.3, 0.4) is 0 Å². The van der Waals surface area contributed by atoms with Gasteiger partial charge in [0, 0.05) is 12.4 Å². The number of halogens is 1. The van der Waals surface area contributed by atoms with Crippen LogP contribution in [0.2, 0.25) is 0 Å². The Morgan fingerprint density at radius 3 is 2.50 bits per heavy atom. The third-order valence-electron chi connectivity index (χ3n) is 0.684. The minimum atomic E-state index is 0. The molecule has 0 atom stereocenters. The molecule has 3 heteroatoms. The van der Waals surface area contributed by atoms with Gasteiger partial charge in [0.05, 0.1) is 5.69 Å². The highest BCUT2D eigenvalue weighted by Gasteiger charge is 1.73. The lowest BCUT2D eigenvalue weighted by molar-refractivity contribution is 1.33. The Kier molecular flexibility index (Phi) is 2.96. The van der Waals surface area contributed by atoms with Gasteiger partial charge in [-0.2, -0.15) is 0 Å². The number of hydrogen-bond donors (Lipinski definition) is 1. The van der Waals surface area contributed by atoms with E-state index in [1.54, 1.807) is 24.5 Å². The number of pyridine rings is 1. The number of nitrogens with two attached hydrogens (primary N) is 1. The summed E-state index contributed by atoms with van der Waals surface area (Å²) in [7, 11) is 0. The molecule has 44 valence electrons. The molecule has 0 bridgehead atoms. The molecular formula is C5H7ClN2. The van der Waals surface area contributed by atoms with Crippen molar-refractivity contribution in [1.29, 1.82) is 0 Å². The first-order chi connectivity index (χ1) is 3.39. The van der Waals surface area contributed by atoms with Crippen LogP contribution >= 0.6 is 12.4 Å². The van der Waals surface area contributed by atoms with Gasteiger partial charge in [0.25, 0.3) is 0 Å². The predicted molar refractivity (Wildman–Crippen MR) is 35.9 cm³/mol. The maximum atomic E-state index is 5.30. The Balaban J connectivity index is 0.000000490. The Morgan fingerprint density at radius 2 is 2.25 bits per heavy atom. The zero-order valence-corrected chi connectivity index (χ0v) is 5.06. The van der Waals surface area contributed by atoms with Gasteiger partial charge in [0.2, 0.25) is 0 Å². The van der Waals surface area contributed by atoms with Crippen molar-refractivity contribution >= 4 is 18.1 Å². The molecule has 1 rings (SSSR count). The lowest BCUT2D eigenvalue weighted by atomic mass is 10.4. The summed E-state index contributed by atoms with van der Waals surface area (Å²) in [6.45, 7) is 0. The van der Waals surface area contributed by atoms with Crippen molar-refractivity contribution in [3.05, 3.63) is 24.5 Å². The molecule has 0 aliphatic carbocycles. The van der Waals surface area contributed by atoms with E-state index in [4.69, 9.17) is 5.73 Å². The first-order valence-electron chi connectivity index (χ1n) is 2.05. The number of anilines is 1. The molecule has 0 amide bonds. The second-order valence-corrected chi connectivity index (χ2v) is 1.29. The van der Waals surface area contributed by atoms with Crippen LogP contribution in [-0.4, -0.2) is 4.98 Å². The zero-order chi connectivity index (χ0) is 5.11. The molecule has 0 aromatic carbocycles. The number of aromatic nitrogens is 1. The summed E-state index contributed by atoms with van der Waals surface area (Å²) in [5.41, 5.74) is 6.01. The van der Waals surface area contributed by atoms with E-state index in [0.717, 1.165) is 0 Å². The van der Waals surface area contributed by atoms with Crippen LogP contribution in [0, 0.1) is 0 Å². The second kappa shape index (κ2) is 3.27. The average Bonchev–Trinajstić information content (AvgIpc) is 1.69. The fourth-order valence-corrected chi connectivity index (χ4v) is 0.376. The van der Waals surface area contributed by atoms with Gasteiger partial charge >= 0.3 is 0 Å². The molecule has 0 saturated heterocycles. The van der Waals surface area contributed by atoms with Gasteiger partial charge in [-0.05, 0) is 12.1 Å². The Morgan fingerprint density at radius 1 is 1.50 bits per heavy atom. The van der Waals surface area contributed by atoms with Gasteiger partial charge in [0.1, 0.15) is 0 Å². The third kappa shape index (κ3) is 1.80. The van der Waals surface area contributed by atoms with E-state index in [9.17, 15) is 0 Å². The number of rotatable bonds is 0. The standard InChI is InChI=1S/C5H6N2.ClH/c6-5-2-1-3-7-4-5;/h1-4H,6H2;1H. The van der Waals surface area contributed by atoms with Crippen LogP contribution in [0.1, 0.15) is 0 Å². The minimum Gasteiger partial charge on any atom is -0.397 e. The van der Waals surface area contributed by atoms with Crippen molar-refractivity contribution in [2.24, 2.45) is 0 Å². The van der Waals surface area contributed by atoms with Crippen molar-refractivity contribution in [3.63, 3.8) is 0 Å². The van der Waals surface area contributed by atoms with E-state index < -0.39 is 0 Å². The monoisotopic (exact) mass is 130 g/mol. The molecule has 0 aliphatic heterocycles. The molecule has 8 heavy (non-hydrogen) atoms. The fraction of sp³-hybridized carbons (Fsp3) is 0. The molecule has 1 aromatic heterocycles. The molecule has 2 N–H and O–H groups in total. The van der Waals surface area contributed by atoms with E-state index in [-0.39, 0.29) is 12.4 Å². The summed E-state index contributed by atoms with van der Waals surface area (Å²) >= 11 is 0. The van der Waals surface area contributed by atoms with Crippen molar-refractivity contribution in [1.82, 2.24) is 4.98 Å². The highest BCUT2D eigenvalue weighted by atomic mass is 35.5.